The molecule has 3 aromatic rings. The van der Waals surface area contributed by atoms with Crippen LogP contribution < -0.4 is 5.32 Å². The molecule has 1 N–H and O–H groups in total. The largest absolute Gasteiger partial charge is 0.370 e. The van der Waals surface area contributed by atoms with Gasteiger partial charge in [-0.3, -0.25) is 0 Å². The lowest BCUT2D eigenvalue weighted by molar-refractivity contribution is 0.590. The van der Waals surface area contributed by atoms with Gasteiger partial charge in [0.25, 0.3) is 0 Å². The molecule has 0 saturated heterocycles. The van der Waals surface area contributed by atoms with Gasteiger partial charge in [-0.2, -0.15) is 0 Å². The number of benzene rings is 2. The summed E-state index contributed by atoms with van der Waals surface area (Å²) in [7, 11) is -7.80. The maximum Gasteiger partial charge on any atom is 0.226 e. The van der Waals surface area contributed by atoms with Crippen LogP contribution in [0.3, 0.4) is 0 Å². The first-order valence-corrected chi connectivity index (χ1v) is 12.7. The SMILES string of the molecule is CCS(=O)(=O)c1nc(S(=O)(=O)c2ccc(Cl)cc2)c(NCc2ccc(F)cc2)s1. The Bertz CT molecular complexity index is 1220. The van der Waals surface area contributed by atoms with Crippen molar-refractivity contribution in [3.05, 3.63) is 64.9 Å². The van der Waals surface area contributed by atoms with Gasteiger partial charge in [-0.1, -0.05) is 42.0 Å². The number of anilines is 1. The van der Waals surface area contributed by atoms with Crippen LogP contribution in [0, 0.1) is 5.82 Å². The molecule has 0 bridgehead atoms. The second-order valence-corrected chi connectivity index (χ2v) is 11.7. The normalized spacial score (nSPS) is 12.1. The zero-order valence-corrected chi connectivity index (χ0v) is 18.3. The molecule has 6 nitrogen and oxygen atoms in total. The predicted octanol–water partition coefficient (Wildman–Crippen LogP) is 4.17. The molecule has 29 heavy (non-hydrogen) atoms. The van der Waals surface area contributed by atoms with Crippen molar-refractivity contribution < 1.29 is 21.2 Å². The Hall–Kier alpha value is -2.01. The third-order valence-corrected chi connectivity index (χ3v) is 9.25. The molecule has 1 heterocycles. The Kier molecular flexibility index (Phi) is 6.27. The summed E-state index contributed by atoms with van der Waals surface area (Å²) in [6.07, 6.45) is 0. The maximum absolute atomic E-state index is 13.1. The van der Waals surface area contributed by atoms with E-state index in [9.17, 15) is 21.2 Å². The van der Waals surface area contributed by atoms with Gasteiger partial charge < -0.3 is 5.32 Å². The van der Waals surface area contributed by atoms with Crippen molar-refractivity contribution in [2.75, 3.05) is 11.1 Å². The zero-order chi connectivity index (χ0) is 21.2. The second kappa shape index (κ2) is 8.39. The Morgan fingerprint density at radius 1 is 1.03 bits per heavy atom. The summed E-state index contributed by atoms with van der Waals surface area (Å²) < 4.78 is 63.4. The average molecular weight is 475 g/mol. The van der Waals surface area contributed by atoms with Crippen LogP contribution >= 0.6 is 22.9 Å². The van der Waals surface area contributed by atoms with E-state index >= 15 is 0 Å². The van der Waals surface area contributed by atoms with E-state index in [-0.39, 0.29) is 31.6 Å². The Morgan fingerprint density at radius 2 is 1.66 bits per heavy atom. The molecule has 154 valence electrons. The lowest BCUT2D eigenvalue weighted by Crippen LogP contribution is -2.08. The molecule has 0 saturated carbocycles. The number of nitrogens with one attached hydrogen (secondary N) is 1. The number of sulfone groups is 2. The van der Waals surface area contributed by atoms with E-state index in [0.29, 0.717) is 10.6 Å². The molecule has 0 aliphatic rings. The fourth-order valence-corrected chi connectivity index (χ4v) is 6.47. The number of halogens is 2. The maximum atomic E-state index is 13.1. The van der Waals surface area contributed by atoms with E-state index in [0.717, 1.165) is 11.3 Å². The summed E-state index contributed by atoms with van der Waals surface area (Å²) in [5, 5.41) is 3.00. The summed E-state index contributed by atoms with van der Waals surface area (Å²) in [4.78, 5) is 3.88. The van der Waals surface area contributed by atoms with Crippen molar-refractivity contribution >= 4 is 47.6 Å². The highest BCUT2D eigenvalue weighted by atomic mass is 35.5. The fraction of sp³-hybridized carbons (Fsp3) is 0.167. The number of hydrogen-bond acceptors (Lipinski definition) is 7. The molecule has 0 atom stereocenters. The number of aromatic nitrogens is 1. The fourth-order valence-electron chi connectivity index (χ4n) is 2.35. The first kappa shape index (κ1) is 21.7. The molecular formula is C18H16ClFN2O4S3. The highest BCUT2D eigenvalue weighted by molar-refractivity contribution is 7.94. The van der Waals surface area contributed by atoms with Crippen LogP contribution in [-0.4, -0.2) is 27.6 Å². The molecular weight excluding hydrogens is 459 g/mol. The molecule has 2 aromatic carbocycles. The van der Waals surface area contributed by atoms with E-state index in [1.54, 1.807) is 12.1 Å². The summed E-state index contributed by atoms with van der Waals surface area (Å²) in [6.45, 7) is 1.62. The number of thiazole rings is 1. The molecule has 0 fully saturated rings. The highest BCUT2D eigenvalue weighted by Gasteiger charge is 2.30. The Labute approximate surface area is 177 Å². The van der Waals surface area contributed by atoms with Crippen molar-refractivity contribution in [3.8, 4) is 0 Å². The minimum absolute atomic E-state index is 0.0579. The van der Waals surface area contributed by atoms with Gasteiger partial charge in [0.2, 0.25) is 24.0 Å². The minimum atomic E-state index is -4.09. The van der Waals surface area contributed by atoms with Crippen LogP contribution in [0.25, 0.3) is 0 Å². The quantitative estimate of drug-likeness (QED) is 0.552. The zero-order valence-electron chi connectivity index (χ0n) is 15.1. The van der Waals surface area contributed by atoms with Gasteiger partial charge in [0.15, 0.2) is 5.03 Å². The summed E-state index contributed by atoms with van der Waals surface area (Å²) in [6, 6.07) is 11.2. The average Bonchev–Trinajstić information content (AvgIpc) is 3.14. The van der Waals surface area contributed by atoms with Gasteiger partial charge in [-0.25, -0.2) is 26.2 Å². The molecule has 3 rings (SSSR count). The van der Waals surface area contributed by atoms with Crippen molar-refractivity contribution in [2.24, 2.45) is 0 Å². The van der Waals surface area contributed by atoms with Crippen molar-refractivity contribution in [3.63, 3.8) is 0 Å². The van der Waals surface area contributed by atoms with E-state index in [1.807, 2.05) is 0 Å². The van der Waals surface area contributed by atoms with Crippen LogP contribution in [0.1, 0.15) is 12.5 Å². The Balaban J connectivity index is 2.04. The van der Waals surface area contributed by atoms with Crippen molar-refractivity contribution in [2.45, 2.75) is 27.7 Å². The summed E-state index contributed by atoms with van der Waals surface area (Å²) in [5.74, 6) is -0.605. The van der Waals surface area contributed by atoms with Crippen LogP contribution in [0.2, 0.25) is 5.02 Å². The van der Waals surface area contributed by atoms with E-state index < -0.39 is 25.5 Å². The third kappa shape index (κ3) is 4.77. The molecule has 0 unspecified atom stereocenters. The van der Waals surface area contributed by atoms with Crippen LogP contribution in [0.15, 0.2) is 62.8 Å². The van der Waals surface area contributed by atoms with Crippen LogP contribution in [0.4, 0.5) is 9.39 Å². The van der Waals surface area contributed by atoms with Crippen molar-refractivity contribution in [1.82, 2.24) is 4.98 Å². The van der Waals surface area contributed by atoms with Gasteiger partial charge in [-0.05, 0) is 42.0 Å². The highest BCUT2D eigenvalue weighted by Crippen LogP contribution is 2.35. The third-order valence-electron chi connectivity index (χ3n) is 3.97. The van der Waals surface area contributed by atoms with Gasteiger partial charge in [0.05, 0.1) is 10.6 Å². The molecule has 11 heteroatoms. The molecule has 1 aromatic heterocycles. The number of hydrogen-bond donors (Lipinski definition) is 1. The van der Waals surface area contributed by atoms with Crippen molar-refractivity contribution in [1.29, 1.82) is 0 Å². The van der Waals surface area contributed by atoms with Gasteiger partial charge in [-0.15, -0.1) is 0 Å². The van der Waals surface area contributed by atoms with Crippen LogP contribution in [0.5, 0.6) is 0 Å². The molecule has 0 spiro atoms. The number of nitrogens with zero attached hydrogens (tertiary/aromatic N) is 1. The van der Waals surface area contributed by atoms with Gasteiger partial charge in [0, 0.05) is 11.6 Å². The first-order chi connectivity index (χ1) is 13.6. The Morgan fingerprint density at radius 3 is 2.24 bits per heavy atom. The summed E-state index contributed by atoms with van der Waals surface area (Å²) >= 11 is 6.57. The predicted molar refractivity (Wildman–Crippen MR) is 110 cm³/mol. The lowest BCUT2D eigenvalue weighted by atomic mass is 10.2. The molecule has 0 radical (unpaired) electrons. The van der Waals surface area contributed by atoms with Crippen LogP contribution in [-0.2, 0) is 26.2 Å². The first-order valence-electron chi connectivity index (χ1n) is 8.36. The van der Waals surface area contributed by atoms with E-state index in [2.05, 4.69) is 10.3 Å². The smallest absolute Gasteiger partial charge is 0.226 e. The van der Waals surface area contributed by atoms with Gasteiger partial charge in [0.1, 0.15) is 10.8 Å². The molecule has 0 amide bonds. The molecule has 0 aliphatic carbocycles. The lowest BCUT2D eigenvalue weighted by Gasteiger charge is -2.07. The standard InChI is InChI=1S/C18H16ClFN2O4S3/c1-2-28(23,24)18-22-17(29(25,26)15-9-5-13(19)6-10-15)16(27-18)21-11-12-3-7-14(20)8-4-12/h3-10,21H,2,11H2,1H3. The van der Waals surface area contributed by atoms with E-state index in [4.69, 9.17) is 11.6 Å². The van der Waals surface area contributed by atoms with E-state index in [1.165, 1.54) is 43.3 Å². The van der Waals surface area contributed by atoms with Gasteiger partial charge >= 0.3 is 0 Å². The number of rotatable bonds is 7. The summed E-state index contributed by atoms with van der Waals surface area (Å²) in [5.41, 5.74) is 0.689. The monoisotopic (exact) mass is 474 g/mol. The topological polar surface area (TPSA) is 93.2 Å². The minimum Gasteiger partial charge on any atom is -0.370 e. The molecule has 0 aliphatic heterocycles. The second-order valence-electron chi connectivity index (χ2n) is 5.95.